The van der Waals surface area contributed by atoms with Gasteiger partial charge in [-0.05, 0) is 63.1 Å². The van der Waals surface area contributed by atoms with Crippen molar-refractivity contribution in [2.45, 2.75) is 104 Å². The molecule has 0 aromatic heterocycles. The van der Waals surface area contributed by atoms with Crippen molar-refractivity contribution in [1.82, 2.24) is 0 Å². The Morgan fingerprint density at radius 3 is 2.13 bits per heavy atom. The number of aryl methyl sites for hydroxylation is 1. The number of ether oxygens (including phenoxy) is 1. The number of rotatable bonds is 19. The molecule has 0 bridgehead atoms. The highest BCUT2D eigenvalue weighted by molar-refractivity contribution is 5.69. The van der Waals surface area contributed by atoms with Gasteiger partial charge in [0.15, 0.2) is 0 Å². The highest BCUT2D eigenvalue weighted by atomic mass is 16.5. The van der Waals surface area contributed by atoms with Crippen molar-refractivity contribution < 1.29 is 9.53 Å². The number of esters is 1. The minimum Gasteiger partial charge on any atom is -0.466 e. The van der Waals surface area contributed by atoms with Gasteiger partial charge in [-0.3, -0.25) is 4.79 Å². The lowest BCUT2D eigenvalue weighted by Crippen LogP contribution is -2.04. The first kappa shape index (κ1) is 26.3. The predicted molar refractivity (Wildman–Crippen MR) is 130 cm³/mol. The van der Waals surface area contributed by atoms with Gasteiger partial charge in [-0.2, -0.15) is 0 Å². The third-order valence-electron chi connectivity index (χ3n) is 5.37. The van der Waals surface area contributed by atoms with Crippen LogP contribution < -0.4 is 5.32 Å². The fourth-order valence-corrected chi connectivity index (χ4v) is 3.54. The molecule has 0 amide bonds. The van der Waals surface area contributed by atoms with Crippen LogP contribution in [0.1, 0.15) is 103 Å². The molecule has 3 heteroatoms. The Bertz CT molecular complexity index is 550. The van der Waals surface area contributed by atoms with Gasteiger partial charge in [0.05, 0.1) is 6.61 Å². The smallest absolute Gasteiger partial charge is 0.305 e. The van der Waals surface area contributed by atoms with Crippen LogP contribution in [0.3, 0.4) is 0 Å². The maximum absolute atomic E-state index is 11.4. The lowest BCUT2D eigenvalue weighted by molar-refractivity contribution is -0.143. The summed E-state index contributed by atoms with van der Waals surface area (Å²) in [4.78, 5) is 11.4. The number of allylic oxidation sites excluding steroid dienone is 2. The van der Waals surface area contributed by atoms with Crippen LogP contribution in [0.4, 0.5) is 5.69 Å². The molecule has 0 saturated carbocycles. The first-order chi connectivity index (χ1) is 14.8. The van der Waals surface area contributed by atoms with Crippen LogP contribution in [0.25, 0.3) is 0 Å². The SMILES string of the molecule is CCCCCCCCCCC=CCCCNc1ccc(CCCC(=O)OCC)cc1. The van der Waals surface area contributed by atoms with E-state index in [9.17, 15) is 4.79 Å². The highest BCUT2D eigenvalue weighted by Gasteiger charge is 2.02. The molecule has 170 valence electrons. The van der Waals surface area contributed by atoms with E-state index in [-0.39, 0.29) is 5.97 Å². The standard InChI is InChI=1S/C27H45NO2/c1-3-5-6-7-8-9-10-11-12-13-14-15-16-24-28-26-22-20-25(21-23-26)18-17-19-27(29)30-4-2/h13-14,20-23,28H,3-12,15-19,24H2,1-2H3. The molecule has 30 heavy (non-hydrogen) atoms. The Balaban J connectivity index is 1.97. The number of hydrogen-bond donors (Lipinski definition) is 1. The average molecular weight is 416 g/mol. The van der Waals surface area contributed by atoms with Crippen LogP contribution in [0.2, 0.25) is 0 Å². The number of nitrogens with one attached hydrogen (secondary N) is 1. The molecule has 0 aliphatic carbocycles. The molecule has 0 atom stereocenters. The summed E-state index contributed by atoms with van der Waals surface area (Å²) in [6.45, 7) is 5.59. The van der Waals surface area contributed by atoms with Crippen LogP contribution >= 0.6 is 0 Å². The summed E-state index contributed by atoms with van der Waals surface area (Å²) < 4.78 is 4.96. The van der Waals surface area contributed by atoms with Crippen LogP contribution in [0, 0.1) is 0 Å². The number of carbonyl (C=O) groups excluding carboxylic acids is 1. The Morgan fingerprint density at radius 2 is 1.47 bits per heavy atom. The van der Waals surface area contributed by atoms with E-state index in [2.05, 4.69) is 48.7 Å². The normalized spacial score (nSPS) is 11.1. The molecule has 0 fully saturated rings. The molecule has 0 aliphatic heterocycles. The van der Waals surface area contributed by atoms with Crippen molar-refractivity contribution in [3.8, 4) is 0 Å². The number of carbonyl (C=O) groups is 1. The maximum atomic E-state index is 11.4. The van der Waals surface area contributed by atoms with Crippen LogP contribution in [0.15, 0.2) is 36.4 Å². The van der Waals surface area contributed by atoms with Crippen LogP contribution in [-0.4, -0.2) is 19.1 Å². The summed E-state index contributed by atoms with van der Waals surface area (Å²) in [5, 5.41) is 3.49. The molecule has 0 unspecified atom stereocenters. The summed E-state index contributed by atoms with van der Waals surface area (Å²) >= 11 is 0. The number of unbranched alkanes of at least 4 members (excludes halogenated alkanes) is 9. The predicted octanol–water partition coefficient (Wildman–Crippen LogP) is 7.85. The van der Waals surface area contributed by atoms with E-state index >= 15 is 0 Å². The van der Waals surface area contributed by atoms with Gasteiger partial charge < -0.3 is 10.1 Å². The number of anilines is 1. The molecular formula is C27H45NO2. The zero-order chi connectivity index (χ0) is 21.7. The van der Waals surface area contributed by atoms with E-state index in [0.717, 1.165) is 32.2 Å². The molecular weight excluding hydrogens is 370 g/mol. The van der Waals surface area contributed by atoms with Crippen molar-refractivity contribution in [3.63, 3.8) is 0 Å². The number of benzene rings is 1. The summed E-state index contributed by atoms with van der Waals surface area (Å²) in [6.07, 6.45) is 21.7. The van der Waals surface area contributed by atoms with E-state index in [0.29, 0.717) is 13.0 Å². The Hall–Kier alpha value is -1.77. The van der Waals surface area contributed by atoms with Gasteiger partial charge >= 0.3 is 5.97 Å². The van der Waals surface area contributed by atoms with E-state index < -0.39 is 0 Å². The molecule has 1 rings (SSSR count). The van der Waals surface area contributed by atoms with E-state index in [1.165, 1.54) is 69.0 Å². The van der Waals surface area contributed by atoms with E-state index in [1.807, 2.05) is 6.92 Å². The Morgan fingerprint density at radius 1 is 0.833 bits per heavy atom. The topological polar surface area (TPSA) is 38.3 Å². The first-order valence-electron chi connectivity index (χ1n) is 12.4. The van der Waals surface area contributed by atoms with Crippen molar-refractivity contribution in [3.05, 3.63) is 42.0 Å². The molecule has 3 nitrogen and oxygen atoms in total. The second-order valence-electron chi connectivity index (χ2n) is 8.16. The minimum absolute atomic E-state index is 0.0948. The fraction of sp³-hybridized carbons (Fsp3) is 0.667. The minimum atomic E-state index is -0.0948. The largest absolute Gasteiger partial charge is 0.466 e. The monoisotopic (exact) mass is 415 g/mol. The highest BCUT2D eigenvalue weighted by Crippen LogP contribution is 2.13. The van der Waals surface area contributed by atoms with Gasteiger partial charge in [-0.25, -0.2) is 0 Å². The van der Waals surface area contributed by atoms with Crippen LogP contribution in [-0.2, 0) is 16.0 Å². The molecule has 0 spiro atoms. The molecule has 1 aromatic rings. The van der Waals surface area contributed by atoms with Gasteiger partial charge in [0.2, 0.25) is 0 Å². The molecule has 0 radical (unpaired) electrons. The fourth-order valence-electron chi connectivity index (χ4n) is 3.54. The zero-order valence-corrected chi connectivity index (χ0v) is 19.6. The van der Waals surface area contributed by atoms with E-state index in [1.54, 1.807) is 0 Å². The molecule has 1 N–H and O–H groups in total. The summed E-state index contributed by atoms with van der Waals surface area (Å²) in [5.74, 6) is -0.0948. The Kier molecular flexibility index (Phi) is 16.8. The Labute approximate surface area is 185 Å². The summed E-state index contributed by atoms with van der Waals surface area (Å²) in [5.41, 5.74) is 2.45. The zero-order valence-electron chi connectivity index (χ0n) is 19.6. The van der Waals surface area contributed by atoms with Crippen molar-refractivity contribution in [2.75, 3.05) is 18.5 Å². The average Bonchev–Trinajstić information content (AvgIpc) is 2.75. The van der Waals surface area contributed by atoms with Crippen molar-refractivity contribution >= 4 is 11.7 Å². The number of hydrogen-bond acceptors (Lipinski definition) is 3. The van der Waals surface area contributed by atoms with Crippen molar-refractivity contribution in [1.29, 1.82) is 0 Å². The van der Waals surface area contributed by atoms with E-state index in [4.69, 9.17) is 4.74 Å². The van der Waals surface area contributed by atoms with Gasteiger partial charge in [-0.15, -0.1) is 0 Å². The molecule has 0 aliphatic rings. The lowest BCUT2D eigenvalue weighted by atomic mass is 10.1. The van der Waals surface area contributed by atoms with Gasteiger partial charge in [-0.1, -0.05) is 76.2 Å². The second kappa shape index (κ2) is 19.2. The van der Waals surface area contributed by atoms with Crippen molar-refractivity contribution in [2.24, 2.45) is 0 Å². The maximum Gasteiger partial charge on any atom is 0.305 e. The van der Waals surface area contributed by atoms with Crippen LogP contribution in [0.5, 0.6) is 0 Å². The van der Waals surface area contributed by atoms with Gasteiger partial charge in [0.1, 0.15) is 0 Å². The second-order valence-corrected chi connectivity index (χ2v) is 8.16. The molecule has 0 heterocycles. The summed E-state index contributed by atoms with van der Waals surface area (Å²) in [7, 11) is 0. The quantitative estimate of drug-likeness (QED) is 0.142. The molecule has 0 saturated heterocycles. The van der Waals surface area contributed by atoms with Gasteiger partial charge in [0, 0.05) is 18.7 Å². The van der Waals surface area contributed by atoms with Gasteiger partial charge in [0.25, 0.3) is 0 Å². The third kappa shape index (κ3) is 15.1. The third-order valence-corrected chi connectivity index (χ3v) is 5.37. The summed E-state index contributed by atoms with van der Waals surface area (Å²) in [6, 6.07) is 8.57. The first-order valence-corrected chi connectivity index (χ1v) is 12.4. The lowest BCUT2D eigenvalue weighted by Gasteiger charge is -2.07. The molecule has 1 aromatic carbocycles.